The molecule has 0 aliphatic rings. The zero-order chi connectivity index (χ0) is 14.4. The van der Waals surface area contributed by atoms with Crippen molar-refractivity contribution < 1.29 is 19.4 Å². The Balaban J connectivity index is 2.65. The smallest absolute Gasteiger partial charge is 0.328 e. The molecule has 0 aromatic carbocycles. The number of aryl methyl sites for hydroxylation is 2. The summed E-state index contributed by atoms with van der Waals surface area (Å²) in [4.78, 5) is 22.6. The van der Waals surface area contributed by atoms with Crippen LogP contribution in [0.3, 0.4) is 0 Å². The Morgan fingerprint density at radius 2 is 2.26 bits per heavy atom. The summed E-state index contributed by atoms with van der Waals surface area (Å²) in [6, 6.07) is -1.70. The quantitative estimate of drug-likeness (QED) is 0.685. The molecule has 8 heteroatoms. The van der Waals surface area contributed by atoms with Gasteiger partial charge in [0.05, 0.1) is 18.0 Å². The average Bonchev–Trinajstić information content (AvgIpc) is 2.68. The Labute approximate surface area is 110 Å². The van der Waals surface area contributed by atoms with E-state index in [-0.39, 0.29) is 6.61 Å². The normalized spacial score (nSPS) is 11.9. The highest BCUT2D eigenvalue weighted by atomic mass is 16.5. The van der Waals surface area contributed by atoms with E-state index in [0.717, 1.165) is 5.69 Å². The first-order valence-electron chi connectivity index (χ1n) is 5.79. The predicted octanol–water partition coefficient (Wildman–Crippen LogP) is 0.204. The van der Waals surface area contributed by atoms with Crippen LogP contribution in [0.4, 0.5) is 10.5 Å². The summed E-state index contributed by atoms with van der Waals surface area (Å²) in [5.41, 5.74) is 1.29. The summed E-state index contributed by atoms with van der Waals surface area (Å²) < 4.78 is 6.31. The number of aliphatic carboxylic acids is 1. The van der Waals surface area contributed by atoms with E-state index in [9.17, 15) is 9.59 Å². The summed E-state index contributed by atoms with van der Waals surface area (Å²) in [6.07, 6.45) is 2.32. The van der Waals surface area contributed by atoms with Gasteiger partial charge in [0.15, 0.2) is 6.04 Å². The highest BCUT2D eigenvalue weighted by molar-refractivity contribution is 5.92. The van der Waals surface area contributed by atoms with E-state index in [4.69, 9.17) is 9.84 Å². The second-order valence-electron chi connectivity index (χ2n) is 3.96. The van der Waals surface area contributed by atoms with E-state index in [1.165, 1.54) is 7.11 Å². The van der Waals surface area contributed by atoms with Crippen LogP contribution in [0.25, 0.3) is 0 Å². The lowest BCUT2D eigenvalue weighted by Gasteiger charge is -2.13. The maximum absolute atomic E-state index is 11.7. The number of hydrogen-bond donors (Lipinski definition) is 3. The lowest BCUT2D eigenvalue weighted by Crippen LogP contribution is -2.45. The second-order valence-corrected chi connectivity index (χ2v) is 3.96. The maximum Gasteiger partial charge on any atom is 0.328 e. The Hall–Kier alpha value is -2.09. The first-order valence-corrected chi connectivity index (χ1v) is 5.79. The zero-order valence-corrected chi connectivity index (χ0v) is 11.1. The summed E-state index contributed by atoms with van der Waals surface area (Å²) in [7, 11) is 3.11. The summed E-state index contributed by atoms with van der Waals surface area (Å²) in [5.74, 6) is -1.15. The van der Waals surface area contributed by atoms with Crippen LogP contribution in [0.2, 0.25) is 0 Å². The largest absolute Gasteiger partial charge is 0.480 e. The number of carboxylic acid groups (broad SMARTS) is 1. The van der Waals surface area contributed by atoms with E-state index in [2.05, 4.69) is 15.7 Å². The molecular formula is C11H18N4O4. The molecule has 1 atom stereocenters. The first-order chi connectivity index (χ1) is 8.97. The molecule has 0 radical (unpaired) electrons. The van der Waals surface area contributed by atoms with Crippen LogP contribution in [0.5, 0.6) is 0 Å². The van der Waals surface area contributed by atoms with Crippen molar-refractivity contribution in [2.75, 3.05) is 19.0 Å². The van der Waals surface area contributed by atoms with E-state index in [0.29, 0.717) is 12.1 Å². The number of carbonyl (C=O) groups is 2. The van der Waals surface area contributed by atoms with Crippen molar-refractivity contribution in [3.05, 3.63) is 11.9 Å². The van der Waals surface area contributed by atoms with E-state index < -0.39 is 18.0 Å². The van der Waals surface area contributed by atoms with Gasteiger partial charge in [-0.3, -0.25) is 4.68 Å². The Bertz CT molecular complexity index is 458. The van der Waals surface area contributed by atoms with Crippen molar-refractivity contribution in [1.82, 2.24) is 15.1 Å². The number of hydrogen-bond acceptors (Lipinski definition) is 4. The zero-order valence-electron chi connectivity index (χ0n) is 11.1. The number of carboxylic acids is 1. The van der Waals surface area contributed by atoms with Gasteiger partial charge in [-0.05, 0) is 6.42 Å². The highest BCUT2D eigenvalue weighted by Gasteiger charge is 2.20. The lowest BCUT2D eigenvalue weighted by molar-refractivity contribution is -0.140. The minimum absolute atomic E-state index is 0.101. The maximum atomic E-state index is 11.7. The first kappa shape index (κ1) is 15.0. The van der Waals surface area contributed by atoms with Crippen LogP contribution in [0.1, 0.15) is 12.6 Å². The molecule has 0 aliphatic carbocycles. The summed E-state index contributed by atoms with van der Waals surface area (Å²) in [6.45, 7) is 1.81. The van der Waals surface area contributed by atoms with Gasteiger partial charge in [-0.2, -0.15) is 5.10 Å². The molecule has 2 amide bonds. The minimum Gasteiger partial charge on any atom is -0.480 e. The number of rotatable bonds is 6. The van der Waals surface area contributed by atoms with Gasteiger partial charge in [-0.25, -0.2) is 9.59 Å². The Morgan fingerprint density at radius 3 is 2.79 bits per heavy atom. The van der Waals surface area contributed by atoms with Crippen molar-refractivity contribution in [3.8, 4) is 0 Å². The number of aromatic nitrogens is 2. The number of carbonyl (C=O) groups excluding carboxylic acids is 1. The van der Waals surface area contributed by atoms with Gasteiger partial charge in [0.1, 0.15) is 0 Å². The summed E-state index contributed by atoms with van der Waals surface area (Å²) in [5, 5.41) is 17.9. The average molecular weight is 270 g/mol. The molecule has 0 aliphatic heterocycles. The monoisotopic (exact) mass is 270 g/mol. The SMILES string of the molecule is CCc1nn(C)cc1NC(=O)NC(COC)C(=O)O. The number of anilines is 1. The Morgan fingerprint density at radius 1 is 1.58 bits per heavy atom. The Kier molecular flexibility index (Phi) is 5.31. The third kappa shape index (κ3) is 4.25. The van der Waals surface area contributed by atoms with Crippen molar-refractivity contribution in [2.45, 2.75) is 19.4 Å². The van der Waals surface area contributed by atoms with Crippen LogP contribution < -0.4 is 10.6 Å². The molecule has 19 heavy (non-hydrogen) atoms. The number of nitrogens with one attached hydrogen (secondary N) is 2. The van der Waals surface area contributed by atoms with E-state index in [1.807, 2.05) is 6.92 Å². The summed E-state index contributed by atoms with van der Waals surface area (Å²) >= 11 is 0. The molecule has 3 N–H and O–H groups in total. The second kappa shape index (κ2) is 6.74. The van der Waals surface area contributed by atoms with Gasteiger partial charge in [0, 0.05) is 20.4 Å². The van der Waals surface area contributed by atoms with E-state index in [1.54, 1.807) is 17.9 Å². The van der Waals surface area contributed by atoms with Crippen molar-refractivity contribution >= 4 is 17.7 Å². The topological polar surface area (TPSA) is 105 Å². The van der Waals surface area contributed by atoms with E-state index >= 15 is 0 Å². The highest BCUT2D eigenvalue weighted by Crippen LogP contribution is 2.13. The van der Waals surface area contributed by atoms with Gasteiger partial charge in [0.2, 0.25) is 0 Å². The molecule has 0 spiro atoms. The van der Waals surface area contributed by atoms with Crippen molar-refractivity contribution in [1.29, 1.82) is 0 Å². The van der Waals surface area contributed by atoms with Crippen LogP contribution in [0, 0.1) is 0 Å². The molecule has 8 nitrogen and oxygen atoms in total. The van der Waals surface area contributed by atoms with Gasteiger partial charge < -0.3 is 20.5 Å². The molecule has 1 aromatic rings. The molecule has 0 saturated heterocycles. The van der Waals surface area contributed by atoms with Gasteiger partial charge in [-0.1, -0.05) is 6.92 Å². The third-order valence-corrected chi connectivity index (χ3v) is 2.43. The molecule has 0 bridgehead atoms. The molecule has 1 rings (SSSR count). The van der Waals surface area contributed by atoms with Crippen LogP contribution in [-0.4, -0.2) is 46.6 Å². The van der Waals surface area contributed by atoms with Gasteiger partial charge in [0.25, 0.3) is 0 Å². The minimum atomic E-state index is -1.15. The van der Waals surface area contributed by atoms with Crippen molar-refractivity contribution in [3.63, 3.8) is 0 Å². The van der Waals surface area contributed by atoms with Crippen LogP contribution in [-0.2, 0) is 23.0 Å². The molecule has 1 aromatic heterocycles. The third-order valence-electron chi connectivity index (χ3n) is 2.43. The molecule has 1 heterocycles. The predicted molar refractivity (Wildman–Crippen MR) is 68.0 cm³/mol. The lowest BCUT2D eigenvalue weighted by atomic mass is 10.3. The molecule has 0 fully saturated rings. The number of nitrogens with zero attached hydrogens (tertiary/aromatic N) is 2. The molecule has 0 saturated carbocycles. The molecule has 106 valence electrons. The fourth-order valence-electron chi connectivity index (χ4n) is 1.56. The standard InChI is InChI=1S/C11H18N4O4/c1-4-7-8(5-15(2)14-7)12-11(18)13-9(6-19-3)10(16)17/h5,9H,4,6H2,1-3H3,(H,16,17)(H2,12,13,18). The molecular weight excluding hydrogens is 252 g/mol. The number of methoxy groups -OCH3 is 1. The van der Waals surface area contributed by atoms with Crippen molar-refractivity contribution in [2.24, 2.45) is 7.05 Å². The fraction of sp³-hybridized carbons (Fsp3) is 0.545. The number of ether oxygens (including phenoxy) is 1. The molecule has 1 unspecified atom stereocenters. The van der Waals surface area contributed by atoms with Gasteiger partial charge >= 0.3 is 12.0 Å². The van der Waals surface area contributed by atoms with Crippen LogP contribution in [0.15, 0.2) is 6.20 Å². The van der Waals surface area contributed by atoms with Gasteiger partial charge in [-0.15, -0.1) is 0 Å². The number of amides is 2. The fourth-order valence-corrected chi connectivity index (χ4v) is 1.56. The number of urea groups is 1. The van der Waals surface area contributed by atoms with Crippen LogP contribution >= 0.6 is 0 Å².